The summed E-state index contributed by atoms with van der Waals surface area (Å²) in [5.74, 6) is -1.44. The number of halogens is 1. The van der Waals surface area contributed by atoms with Gasteiger partial charge < -0.3 is 56.2 Å². The second-order valence-electron chi connectivity index (χ2n) is 37.8. The summed E-state index contributed by atoms with van der Waals surface area (Å²) in [7, 11) is -4.41. The Hall–Kier alpha value is -15.4. The number of carbonyl (C=O) groups is 8. The van der Waals surface area contributed by atoms with Gasteiger partial charge in [0.15, 0.2) is 5.78 Å². The lowest BCUT2D eigenvalue weighted by atomic mass is 10.0. The average molecular weight is 2160 g/mol. The highest BCUT2D eigenvalue weighted by atomic mass is 79.9. The summed E-state index contributed by atoms with van der Waals surface area (Å²) in [6.45, 7) is 21.0. The number of nitrogens with zero attached hydrogens (tertiary/aromatic N) is 6. The third-order valence-electron chi connectivity index (χ3n) is 21.1. The Morgan fingerprint density at radius 2 is 0.541 bits per heavy atom. The molecule has 0 fully saturated rings. The van der Waals surface area contributed by atoms with Gasteiger partial charge in [0.05, 0.1) is 67.0 Å². The highest BCUT2D eigenvalue weighted by molar-refractivity contribution is 9.09. The molecule has 7 amide bonds. The number of nitro groups is 3. The number of ketones is 1. The molecule has 40 heteroatoms. The van der Waals surface area contributed by atoms with Gasteiger partial charge in [-0.2, -0.15) is 8.42 Å². The van der Waals surface area contributed by atoms with Crippen LogP contribution in [-0.4, -0.2) is 142 Å². The van der Waals surface area contributed by atoms with Crippen LogP contribution in [-0.2, 0) is 93.4 Å². The second kappa shape index (κ2) is 54.2. The molecule has 9 N–H and O–H groups in total. The summed E-state index contributed by atoms with van der Waals surface area (Å²) >= 11 is 7.45. The SMILES string of the molecule is CC(C)(C)OC(=O)N[C@@H](Cc1ccc([N+](=O)[O-])cc1)C(=O)CBr.CC(C)(C)OC(=O)N[C@@H](Cc1ccccc1)C(=O)N[C@@H](Cc1ccc(NS(=O)(=O)O)cc1)c1csc(-c2ccccc2)n1.CC(C)(C)OC(=O)N[C@@H](Cc1ccccc1)C(=O)N[C@@H](Cc1ccc([N+](=O)[O-])cc1)c1csc(-c2ccccc2)n1.CC(C)(C)OC(=O)N[C@@H](Cc1ccccc1)C(=O)N[C@@H](Cc1ccc([N+](=O)[O-])cc1)c1csc(-c2ccccc2)n1. The molecule has 3 heterocycles. The van der Waals surface area contributed by atoms with Crippen molar-refractivity contribution in [3.8, 4) is 31.7 Å². The topological polar surface area (TPSA) is 492 Å². The quantitative estimate of drug-likeness (QED) is 0.00574. The van der Waals surface area contributed by atoms with E-state index in [4.69, 9.17) is 38.5 Å². The van der Waals surface area contributed by atoms with E-state index in [2.05, 4.69) is 53.1 Å². The fourth-order valence-electron chi connectivity index (χ4n) is 14.4. The molecule has 0 aliphatic carbocycles. The average Bonchev–Trinajstić information content (AvgIpc) is 1.68. The number of thiazole rings is 3. The number of aromatic nitrogens is 3. The molecular formula is C108H117BrN14O21S4. The van der Waals surface area contributed by atoms with Crippen LogP contribution in [0.2, 0.25) is 0 Å². The van der Waals surface area contributed by atoms with E-state index < -0.39 is 132 Å². The van der Waals surface area contributed by atoms with Gasteiger partial charge in [0.25, 0.3) is 17.1 Å². The van der Waals surface area contributed by atoms with Crippen molar-refractivity contribution in [1.82, 2.24) is 52.2 Å². The van der Waals surface area contributed by atoms with Crippen LogP contribution < -0.4 is 41.9 Å². The Bertz CT molecular complexity index is 6480. The van der Waals surface area contributed by atoms with E-state index in [0.717, 1.165) is 65.1 Å². The van der Waals surface area contributed by atoms with Gasteiger partial charge in [-0.3, -0.25) is 58.8 Å². The van der Waals surface area contributed by atoms with Crippen LogP contribution >= 0.6 is 49.9 Å². The molecule has 148 heavy (non-hydrogen) atoms. The minimum absolute atomic E-state index is 0.0150. The van der Waals surface area contributed by atoms with Crippen molar-refractivity contribution in [2.75, 3.05) is 10.1 Å². The first kappa shape index (κ1) is 115. The van der Waals surface area contributed by atoms with Crippen molar-refractivity contribution in [3.05, 3.63) is 382 Å². The zero-order valence-electron chi connectivity index (χ0n) is 83.3. The third kappa shape index (κ3) is 39.9. The number of non-ortho nitro benzene ring substituents is 3. The van der Waals surface area contributed by atoms with E-state index in [0.29, 0.717) is 41.9 Å². The fourth-order valence-corrected chi connectivity index (χ4v) is 17.8. The first-order valence-corrected chi connectivity index (χ1v) is 52.0. The van der Waals surface area contributed by atoms with Gasteiger partial charge in [-0.15, -0.1) is 34.0 Å². The first-order valence-electron chi connectivity index (χ1n) is 46.8. The molecule has 10 aromatic carbocycles. The summed E-state index contributed by atoms with van der Waals surface area (Å²) in [4.78, 5) is 149. The first-order chi connectivity index (χ1) is 70.1. The number of rotatable bonds is 37. The Morgan fingerprint density at radius 3 is 0.770 bits per heavy atom. The largest absolute Gasteiger partial charge is 0.444 e. The smallest absolute Gasteiger partial charge is 0.408 e. The number of anilines is 1. The number of ether oxygens (including phenoxy) is 4. The van der Waals surface area contributed by atoms with Crippen LogP contribution in [0.4, 0.5) is 41.9 Å². The molecule has 35 nitrogen and oxygen atoms in total. The predicted molar refractivity (Wildman–Crippen MR) is 573 cm³/mol. The monoisotopic (exact) mass is 2150 g/mol. The van der Waals surface area contributed by atoms with Gasteiger partial charge in [0.1, 0.15) is 55.6 Å². The van der Waals surface area contributed by atoms with Gasteiger partial charge in [0, 0.05) is 88.5 Å². The number of nitro benzene ring substituents is 3. The number of amides is 7. The lowest BCUT2D eigenvalue weighted by molar-refractivity contribution is -0.385. The predicted octanol–water partition coefficient (Wildman–Crippen LogP) is 21.1. The van der Waals surface area contributed by atoms with Crippen LogP contribution in [0.3, 0.4) is 0 Å². The lowest BCUT2D eigenvalue weighted by Crippen LogP contribution is -2.50. The van der Waals surface area contributed by atoms with Crippen molar-refractivity contribution in [1.29, 1.82) is 0 Å². The normalized spacial score (nSPS) is 12.7. The molecule has 0 saturated heterocycles. The molecule has 7 atom stereocenters. The summed E-state index contributed by atoms with van der Waals surface area (Å²) < 4.78 is 54.9. The van der Waals surface area contributed by atoms with Crippen molar-refractivity contribution < 1.29 is 85.0 Å². The van der Waals surface area contributed by atoms with E-state index in [1.54, 1.807) is 132 Å². The minimum Gasteiger partial charge on any atom is -0.444 e. The lowest BCUT2D eigenvalue weighted by Gasteiger charge is -2.25. The zero-order valence-corrected chi connectivity index (χ0v) is 88.1. The number of alkyl carbamates (subject to hydrolysis) is 4. The van der Waals surface area contributed by atoms with E-state index >= 15 is 0 Å². The number of Topliss-reactive ketones (excluding diaryl/α,β-unsaturated/α-hetero) is 1. The molecule has 0 bridgehead atoms. The highest BCUT2D eigenvalue weighted by Crippen LogP contribution is 2.34. The van der Waals surface area contributed by atoms with Gasteiger partial charge in [0.2, 0.25) is 17.7 Å². The summed E-state index contributed by atoms with van der Waals surface area (Å²) in [6, 6.07) is 76.7. The van der Waals surface area contributed by atoms with Crippen LogP contribution in [0.25, 0.3) is 31.7 Å². The minimum atomic E-state index is -4.41. The van der Waals surface area contributed by atoms with Gasteiger partial charge in [-0.05, 0) is 160 Å². The molecular weight excluding hydrogens is 2040 g/mol. The van der Waals surface area contributed by atoms with Crippen molar-refractivity contribution in [2.24, 2.45) is 0 Å². The molecule has 0 aliphatic heterocycles. The third-order valence-corrected chi connectivity index (χ3v) is 24.9. The van der Waals surface area contributed by atoms with Gasteiger partial charge in [-0.1, -0.05) is 246 Å². The molecule has 0 radical (unpaired) electrons. The number of benzene rings is 10. The molecule has 3 aromatic heterocycles. The maximum atomic E-state index is 13.8. The second-order valence-corrected chi connectivity index (χ2v) is 42.1. The van der Waals surface area contributed by atoms with Gasteiger partial charge in [-0.25, -0.2) is 34.1 Å². The van der Waals surface area contributed by atoms with Crippen molar-refractivity contribution in [3.63, 3.8) is 0 Å². The molecule has 0 aliphatic rings. The van der Waals surface area contributed by atoms with Crippen LogP contribution in [0.1, 0.15) is 157 Å². The Kier molecular flexibility index (Phi) is 41.9. The number of alkyl halides is 1. The molecule has 0 saturated carbocycles. The molecule has 0 spiro atoms. The standard InChI is InChI=1S/C31H34N4O6S2.2C31H32N4O5S.C15H19BrN2O5/c1-31(2,3)41-30(37)34-26(19-21-10-6-4-7-11-21)28(36)32-25(18-22-14-16-24(17-15-22)35-43(38,39)40)27-20-42-29(33-27)23-12-8-5-9-13-23;2*1-31(2,3)40-30(37)34-26(19-21-10-6-4-7-11-21)28(36)32-25(18-22-14-16-24(17-15-22)35(38)39)27-20-41-29(33-27)23-12-8-5-9-13-23;1-15(2,3)23-14(20)17-12(13(19)9-16)8-10-4-6-11(7-5-10)18(21)22/h4-17,20,25-26,35H,18-19H2,1-3H3,(H,32,36)(H,34,37)(H,38,39,40);2*4-17,20,25-26H,18-19H2,1-3H3,(H,32,36)(H,34,37);4-7,12H,8-9H2,1-3H3,(H,17,20)/t3*25-,26-;12-/m0000/s1. The maximum absolute atomic E-state index is 13.8. The Balaban J connectivity index is 0.000000206. The molecule has 0 unspecified atom stereocenters. The fraction of sp³-hybridized carbons (Fsp3) is 0.287. The maximum Gasteiger partial charge on any atom is 0.408 e. The van der Waals surface area contributed by atoms with E-state index in [1.165, 1.54) is 82.5 Å². The van der Waals surface area contributed by atoms with E-state index in [-0.39, 0.29) is 59.5 Å². The molecule has 13 aromatic rings. The van der Waals surface area contributed by atoms with Crippen molar-refractivity contribution in [2.45, 2.75) is 193 Å². The molecule has 13 rings (SSSR count). The zero-order chi connectivity index (χ0) is 107. The highest BCUT2D eigenvalue weighted by Gasteiger charge is 2.34. The Morgan fingerprint density at radius 1 is 0.324 bits per heavy atom. The van der Waals surface area contributed by atoms with Crippen molar-refractivity contribution >= 4 is 131 Å². The molecule has 776 valence electrons. The summed E-state index contributed by atoms with van der Waals surface area (Å²) in [5.41, 5.74) is 7.69. The summed E-state index contributed by atoms with van der Waals surface area (Å²) in [6.07, 6.45) is -0.811. The van der Waals surface area contributed by atoms with Crippen LogP contribution in [0.15, 0.2) is 295 Å². The number of nitrogens with one attached hydrogen (secondary N) is 8. The number of hydrogen-bond donors (Lipinski definition) is 9. The Labute approximate surface area is 878 Å². The van der Waals surface area contributed by atoms with Crippen LogP contribution in [0, 0.1) is 30.3 Å². The number of hydrogen-bond acceptors (Lipinski definition) is 26. The summed E-state index contributed by atoms with van der Waals surface area (Å²) in [5, 5.41) is 61.0. The van der Waals surface area contributed by atoms with E-state index in [1.807, 2.05) is 203 Å². The number of carbonyl (C=O) groups excluding carboxylic acids is 8. The van der Waals surface area contributed by atoms with Crippen LogP contribution in [0.5, 0.6) is 0 Å². The van der Waals surface area contributed by atoms with Gasteiger partial charge >= 0.3 is 34.7 Å². The van der Waals surface area contributed by atoms with E-state index in [9.17, 15) is 77.1 Å².